The van der Waals surface area contributed by atoms with Crippen molar-refractivity contribution in [1.82, 2.24) is 9.97 Å². The van der Waals surface area contributed by atoms with Gasteiger partial charge in [-0.25, -0.2) is 4.98 Å². The second-order valence-electron chi connectivity index (χ2n) is 5.34. The number of para-hydroxylation sites is 1. The van der Waals surface area contributed by atoms with Gasteiger partial charge in [0.05, 0.1) is 11.0 Å². The summed E-state index contributed by atoms with van der Waals surface area (Å²) >= 11 is 0. The molecule has 1 aromatic carbocycles. The molecule has 0 amide bonds. The van der Waals surface area contributed by atoms with Crippen LogP contribution in [0.4, 0.5) is 0 Å². The highest BCUT2D eigenvalue weighted by molar-refractivity contribution is 5.78. The molecule has 2 nitrogen and oxygen atoms in total. The van der Waals surface area contributed by atoms with Crippen molar-refractivity contribution in [2.75, 3.05) is 0 Å². The third-order valence-electron chi connectivity index (χ3n) is 3.58. The van der Waals surface area contributed by atoms with E-state index in [4.69, 9.17) is 4.98 Å². The van der Waals surface area contributed by atoms with E-state index in [9.17, 15) is 0 Å². The quantitative estimate of drug-likeness (QED) is 0.751. The van der Waals surface area contributed by atoms with Gasteiger partial charge in [0.1, 0.15) is 5.82 Å². The molecular weight excluding hydrogens is 184 g/mol. The van der Waals surface area contributed by atoms with Gasteiger partial charge < -0.3 is 4.98 Å². The highest BCUT2D eigenvalue weighted by atomic mass is 14.9. The van der Waals surface area contributed by atoms with E-state index in [-0.39, 0.29) is 0 Å². The Kier molecular flexibility index (Phi) is 1.57. The minimum Gasteiger partial charge on any atom is -0.342 e. The summed E-state index contributed by atoms with van der Waals surface area (Å²) in [5, 5.41) is 0. The highest BCUT2D eigenvalue weighted by Gasteiger charge is 2.48. The molecule has 1 aromatic heterocycles. The zero-order valence-electron chi connectivity index (χ0n) is 9.46. The number of aryl methyl sites for hydroxylation is 1. The Balaban J connectivity index is 2.12. The summed E-state index contributed by atoms with van der Waals surface area (Å²) in [6.07, 6.45) is 1.26. The fraction of sp³-hybridized carbons (Fsp3) is 0.462. The summed E-state index contributed by atoms with van der Waals surface area (Å²) in [5.74, 6) is 1.80. The predicted molar refractivity (Wildman–Crippen MR) is 62.0 cm³/mol. The van der Waals surface area contributed by atoms with Gasteiger partial charge in [-0.05, 0) is 30.4 Å². The first-order chi connectivity index (χ1) is 7.08. The van der Waals surface area contributed by atoms with Crippen molar-refractivity contribution in [3.63, 3.8) is 0 Å². The lowest BCUT2D eigenvalue weighted by atomic mass is 10.1. The summed E-state index contributed by atoms with van der Waals surface area (Å²) in [5.41, 5.74) is 4.01. The molecule has 3 rings (SSSR count). The van der Waals surface area contributed by atoms with E-state index < -0.39 is 0 Å². The van der Waals surface area contributed by atoms with Crippen LogP contribution in [0.3, 0.4) is 0 Å². The smallest absolute Gasteiger partial charge is 0.110 e. The van der Waals surface area contributed by atoms with E-state index in [1.165, 1.54) is 23.3 Å². The van der Waals surface area contributed by atoms with Gasteiger partial charge in [-0.15, -0.1) is 0 Å². The molecule has 1 N–H and O–H groups in total. The van der Waals surface area contributed by atoms with Crippen molar-refractivity contribution in [2.45, 2.75) is 33.1 Å². The largest absolute Gasteiger partial charge is 0.342 e. The SMILES string of the molecule is Cc1cccc2[nH]c(C3CC3(C)C)nc12. The maximum Gasteiger partial charge on any atom is 0.110 e. The maximum absolute atomic E-state index is 4.71. The van der Waals surface area contributed by atoms with Crippen LogP contribution < -0.4 is 0 Å². The van der Waals surface area contributed by atoms with Crippen molar-refractivity contribution in [3.05, 3.63) is 29.6 Å². The Morgan fingerprint density at radius 1 is 1.40 bits per heavy atom. The van der Waals surface area contributed by atoms with Crippen molar-refractivity contribution in [3.8, 4) is 0 Å². The fourth-order valence-electron chi connectivity index (χ4n) is 2.29. The second-order valence-corrected chi connectivity index (χ2v) is 5.34. The molecule has 1 aliphatic rings. The number of imidazole rings is 1. The van der Waals surface area contributed by atoms with Crippen LogP contribution in [-0.2, 0) is 0 Å². The zero-order chi connectivity index (χ0) is 10.6. The standard InChI is InChI=1S/C13H16N2/c1-8-5-4-6-10-11(8)15-12(14-10)9-7-13(9,2)3/h4-6,9H,7H2,1-3H3,(H,14,15). The number of rotatable bonds is 1. The van der Waals surface area contributed by atoms with E-state index in [0.717, 1.165) is 5.52 Å². The molecule has 1 heterocycles. The number of fused-ring (bicyclic) bond motifs is 1. The van der Waals surface area contributed by atoms with Crippen molar-refractivity contribution in [1.29, 1.82) is 0 Å². The Hall–Kier alpha value is -1.31. The molecule has 78 valence electrons. The monoisotopic (exact) mass is 200 g/mol. The molecule has 1 unspecified atom stereocenters. The highest BCUT2D eigenvalue weighted by Crippen LogP contribution is 2.57. The summed E-state index contributed by atoms with van der Waals surface area (Å²) in [6.45, 7) is 6.72. The van der Waals surface area contributed by atoms with E-state index in [2.05, 4.69) is 44.0 Å². The average Bonchev–Trinajstić information content (AvgIpc) is 2.62. The number of aromatic amines is 1. The third-order valence-corrected chi connectivity index (χ3v) is 3.58. The Labute approximate surface area is 89.7 Å². The number of benzene rings is 1. The molecule has 2 aromatic rings. The van der Waals surface area contributed by atoms with E-state index in [1.54, 1.807) is 0 Å². The van der Waals surface area contributed by atoms with Crippen LogP contribution in [0, 0.1) is 12.3 Å². The Morgan fingerprint density at radius 3 is 2.73 bits per heavy atom. The summed E-state index contributed by atoms with van der Waals surface area (Å²) in [4.78, 5) is 8.16. The summed E-state index contributed by atoms with van der Waals surface area (Å²) in [6, 6.07) is 6.30. The van der Waals surface area contributed by atoms with Gasteiger partial charge in [0.25, 0.3) is 0 Å². The number of H-pyrrole nitrogens is 1. The van der Waals surface area contributed by atoms with Gasteiger partial charge >= 0.3 is 0 Å². The van der Waals surface area contributed by atoms with Crippen LogP contribution in [-0.4, -0.2) is 9.97 Å². The van der Waals surface area contributed by atoms with Crippen LogP contribution in [0.25, 0.3) is 11.0 Å². The van der Waals surface area contributed by atoms with Crippen LogP contribution in [0.5, 0.6) is 0 Å². The number of nitrogens with zero attached hydrogens (tertiary/aromatic N) is 1. The first-order valence-electron chi connectivity index (χ1n) is 5.53. The number of hydrogen-bond donors (Lipinski definition) is 1. The topological polar surface area (TPSA) is 28.7 Å². The van der Waals surface area contributed by atoms with Crippen molar-refractivity contribution in [2.24, 2.45) is 5.41 Å². The molecule has 1 aliphatic carbocycles. The summed E-state index contributed by atoms with van der Waals surface area (Å²) in [7, 11) is 0. The van der Waals surface area contributed by atoms with Gasteiger partial charge in [0.2, 0.25) is 0 Å². The maximum atomic E-state index is 4.71. The summed E-state index contributed by atoms with van der Waals surface area (Å²) < 4.78 is 0. The van der Waals surface area contributed by atoms with Gasteiger partial charge in [0, 0.05) is 5.92 Å². The predicted octanol–water partition coefficient (Wildman–Crippen LogP) is 3.38. The molecule has 1 atom stereocenters. The van der Waals surface area contributed by atoms with Gasteiger partial charge in [-0.1, -0.05) is 26.0 Å². The van der Waals surface area contributed by atoms with Gasteiger partial charge in [-0.2, -0.15) is 0 Å². The molecule has 0 bridgehead atoms. The minimum atomic E-state index is 0.446. The molecule has 15 heavy (non-hydrogen) atoms. The zero-order valence-corrected chi connectivity index (χ0v) is 9.46. The van der Waals surface area contributed by atoms with Crippen LogP contribution in [0.2, 0.25) is 0 Å². The molecule has 1 fully saturated rings. The molecule has 0 aliphatic heterocycles. The van der Waals surface area contributed by atoms with Crippen LogP contribution in [0.1, 0.15) is 37.6 Å². The lowest BCUT2D eigenvalue weighted by Gasteiger charge is -1.97. The van der Waals surface area contributed by atoms with Gasteiger partial charge in [0.15, 0.2) is 0 Å². The first kappa shape index (κ1) is 8.96. The van der Waals surface area contributed by atoms with E-state index >= 15 is 0 Å². The molecule has 0 spiro atoms. The minimum absolute atomic E-state index is 0.446. The number of aromatic nitrogens is 2. The molecular formula is C13H16N2. The molecule has 1 saturated carbocycles. The Morgan fingerprint density at radius 2 is 2.13 bits per heavy atom. The van der Waals surface area contributed by atoms with E-state index in [1.807, 2.05) is 0 Å². The molecule has 0 saturated heterocycles. The fourth-order valence-corrected chi connectivity index (χ4v) is 2.29. The number of nitrogens with one attached hydrogen (secondary N) is 1. The number of hydrogen-bond acceptors (Lipinski definition) is 1. The lowest BCUT2D eigenvalue weighted by Crippen LogP contribution is -1.91. The second kappa shape index (κ2) is 2.63. The third kappa shape index (κ3) is 1.28. The van der Waals surface area contributed by atoms with E-state index in [0.29, 0.717) is 11.3 Å². The van der Waals surface area contributed by atoms with Crippen molar-refractivity contribution < 1.29 is 0 Å². The molecule has 0 radical (unpaired) electrons. The van der Waals surface area contributed by atoms with Gasteiger partial charge in [-0.3, -0.25) is 0 Å². The molecule has 2 heteroatoms. The normalized spacial score (nSPS) is 23.3. The van der Waals surface area contributed by atoms with Crippen molar-refractivity contribution >= 4 is 11.0 Å². The van der Waals surface area contributed by atoms with Crippen LogP contribution >= 0.6 is 0 Å². The average molecular weight is 200 g/mol. The van der Waals surface area contributed by atoms with Crippen LogP contribution in [0.15, 0.2) is 18.2 Å². The lowest BCUT2D eigenvalue weighted by molar-refractivity contribution is 0.612. The Bertz CT molecular complexity index is 522. The first-order valence-corrected chi connectivity index (χ1v) is 5.53.